The highest BCUT2D eigenvalue weighted by molar-refractivity contribution is 7.91. The van der Waals surface area contributed by atoms with E-state index in [1.54, 1.807) is 47.4 Å². The van der Waals surface area contributed by atoms with Crippen LogP contribution in [0.4, 0.5) is 0 Å². The van der Waals surface area contributed by atoms with E-state index in [9.17, 15) is 13.2 Å². The van der Waals surface area contributed by atoms with Gasteiger partial charge in [-0.25, -0.2) is 8.42 Å². The first-order valence-electron chi connectivity index (χ1n) is 9.27. The average Bonchev–Trinajstić information content (AvgIpc) is 3.19. The number of nitrogens with zero attached hydrogens (tertiary/aromatic N) is 3. The van der Waals surface area contributed by atoms with Gasteiger partial charge in [-0.3, -0.25) is 9.48 Å². The number of carbonyl (C=O) groups is 1. The molecular formula is C19H26N4O3S. The Balaban J connectivity index is 1.43. The summed E-state index contributed by atoms with van der Waals surface area (Å²) in [6.07, 6.45) is 5.47. The molecule has 1 fully saturated rings. The topological polar surface area (TPSA) is 84.3 Å². The van der Waals surface area contributed by atoms with Crippen LogP contribution in [0.1, 0.15) is 12.8 Å². The minimum Gasteiger partial charge on any atom is -0.354 e. The van der Waals surface area contributed by atoms with Gasteiger partial charge in [-0.2, -0.15) is 5.10 Å². The molecule has 146 valence electrons. The predicted molar refractivity (Wildman–Crippen MR) is 103 cm³/mol. The molecule has 0 aliphatic carbocycles. The molecule has 0 radical (unpaired) electrons. The number of piperidine rings is 1. The van der Waals surface area contributed by atoms with E-state index in [4.69, 9.17) is 0 Å². The van der Waals surface area contributed by atoms with Gasteiger partial charge in [0.1, 0.15) is 6.54 Å². The summed E-state index contributed by atoms with van der Waals surface area (Å²) in [5.74, 6) is 0.414. The molecule has 1 N–H and O–H groups in total. The Kier molecular flexibility index (Phi) is 6.63. The Labute approximate surface area is 160 Å². The Morgan fingerprint density at radius 2 is 2.04 bits per heavy atom. The molecule has 1 aromatic carbocycles. The van der Waals surface area contributed by atoms with E-state index in [0.29, 0.717) is 23.9 Å². The first-order chi connectivity index (χ1) is 13.0. The number of nitrogens with one attached hydrogen (secondary N) is 1. The van der Waals surface area contributed by atoms with Gasteiger partial charge in [-0.1, -0.05) is 18.2 Å². The van der Waals surface area contributed by atoms with Gasteiger partial charge in [0.25, 0.3) is 0 Å². The molecule has 1 aliphatic rings. The molecule has 1 amide bonds. The van der Waals surface area contributed by atoms with Crippen molar-refractivity contribution < 1.29 is 13.2 Å². The molecule has 3 rings (SSSR count). The van der Waals surface area contributed by atoms with Crippen molar-refractivity contribution in [2.45, 2.75) is 24.3 Å². The minimum atomic E-state index is -3.25. The normalized spacial score (nSPS) is 18.3. The van der Waals surface area contributed by atoms with E-state index in [-0.39, 0.29) is 18.2 Å². The van der Waals surface area contributed by atoms with Gasteiger partial charge in [0, 0.05) is 32.0 Å². The maximum atomic E-state index is 12.4. The summed E-state index contributed by atoms with van der Waals surface area (Å²) in [4.78, 5) is 14.6. The molecule has 1 aliphatic heterocycles. The molecular weight excluding hydrogens is 364 g/mol. The number of sulfone groups is 1. The fraction of sp³-hybridized carbons (Fsp3) is 0.474. The highest BCUT2D eigenvalue weighted by atomic mass is 32.2. The van der Waals surface area contributed by atoms with Crippen molar-refractivity contribution in [3.05, 3.63) is 48.8 Å². The average molecular weight is 391 g/mol. The van der Waals surface area contributed by atoms with E-state index < -0.39 is 9.84 Å². The summed E-state index contributed by atoms with van der Waals surface area (Å²) in [6.45, 7) is 3.07. The van der Waals surface area contributed by atoms with Crippen LogP contribution in [0.3, 0.4) is 0 Å². The van der Waals surface area contributed by atoms with Crippen molar-refractivity contribution in [1.29, 1.82) is 0 Å². The number of likely N-dealkylation sites (tertiary alicyclic amines) is 1. The van der Waals surface area contributed by atoms with Crippen molar-refractivity contribution >= 4 is 15.7 Å². The standard InChI is InChI=1S/C19H26N4O3S/c24-19(16-23-11-5-9-21-23)20-14-17-6-4-10-22(15-17)12-13-27(25,26)18-7-2-1-3-8-18/h1-3,5,7-9,11,17H,4,6,10,12-16H2,(H,20,24). The SMILES string of the molecule is O=C(Cn1cccn1)NCC1CCCN(CCS(=O)(=O)c2ccccc2)C1. The zero-order chi connectivity index (χ0) is 19.1. The lowest BCUT2D eigenvalue weighted by Crippen LogP contribution is -2.43. The number of carbonyl (C=O) groups excluding carboxylic acids is 1. The molecule has 0 bridgehead atoms. The molecule has 2 aromatic rings. The number of rotatable bonds is 8. The second-order valence-corrected chi connectivity index (χ2v) is 9.06. The predicted octanol–water partition coefficient (Wildman–Crippen LogP) is 1.19. The van der Waals surface area contributed by atoms with Crippen LogP contribution < -0.4 is 5.32 Å². The van der Waals surface area contributed by atoms with Gasteiger partial charge in [-0.15, -0.1) is 0 Å². The molecule has 1 atom stereocenters. The first-order valence-corrected chi connectivity index (χ1v) is 10.9. The lowest BCUT2D eigenvalue weighted by Gasteiger charge is -2.32. The Morgan fingerprint density at radius 3 is 2.78 bits per heavy atom. The third-order valence-electron chi connectivity index (χ3n) is 4.83. The van der Waals surface area contributed by atoms with Gasteiger partial charge in [0.2, 0.25) is 5.91 Å². The summed E-state index contributed by atoms with van der Waals surface area (Å²) in [5.41, 5.74) is 0. The third kappa shape index (κ3) is 5.90. The van der Waals surface area contributed by atoms with Crippen LogP contribution in [0.2, 0.25) is 0 Å². The van der Waals surface area contributed by atoms with Crippen LogP contribution >= 0.6 is 0 Å². The summed E-state index contributed by atoms with van der Waals surface area (Å²) >= 11 is 0. The lowest BCUT2D eigenvalue weighted by atomic mass is 9.98. The van der Waals surface area contributed by atoms with Crippen molar-refractivity contribution in [1.82, 2.24) is 20.0 Å². The van der Waals surface area contributed by atoms with E-state index >= 15 is 0 Å². The van der Waals surface area contributed by atoms with Crippen molar-refractivity contribution in [3.63, 3.8) is 0 Å². The van der Waals surface area contributed by atoms with Crippen LogP contribution in [0.25, 0.3) is 0 Å². The van der Waals surface area contributed by atoms with Crippen molar-refractivity contribution in [2.24, 2.45) is 5.92 Å². The molecule has 27 heavy (non-hydrogen) atoms. The second kappa shape index (κ2) is 9.14. The first kappa shape index (κ1) is 19.6. The van der Waals surface area contributed by atoms with Gasteiger partial charge in [-0.05, 0) is 43.5 Å². The van der Waals surface area contributed by atoms with Crippen LogP contribution in [-0.4, -0.2) is 60.9 Å². The van der Waals surface area contributed by atoms with E-state index in [2.05, 4.69) is 15.3 Å². The van der Waals surface area contributed by atoms with E-state index in [1.165, 1.54) is 0 Å². The third-order valence-corrected chi connectivity index (χ3v) is 6.54. The van der Waals surface area contributed by atoms with Gasteiger partial charge in [0.15, 0.2) is 9.84 Å². The number of aromatic nitrogens is 2. The van der Waals surface area contributed by atoms with E-state index in [0.717, 1.165) is 25.9 Å². The molecule has 1 aromatic heterocycles. The molecule has 7 nitrogen and oxygen atoms in total. The monoisotopic (exact) mass is 390 g/mol. The zero-order valence-electron chi connectivity index (χ0n) is 15.3. The molecule has 8 heteroatoms. The summed E-state index contributed by atoms with van der Waals surface area (Å²) < 4.78 is 26.5. The van der Waals surface area contributed by atoms with Crippen LogP contribution in [0.5, 0.6) is 0 Å². The minimum absolute atomic E-state index is 0.0533. The number of amides is 1. The fourth-order valence-electron chi connectivity index (χ4n) is 3.37. The Bertz CT molecular complexity index is 822. The van der Waals surface area contributed by atoms with Gasteiger partial charge >= 0.3 is 0 Å². The summed E-state index contributed by atoms with van der Waals surface area (Å²) in [7, 11) is -3.25. The second-order valence-electron chi connectivity index (χ2n) is 6.95. The fourth-order valence-corrected chi connectivity index (χ4v) is 4.68. The smallest absolute Gasteiger partial charge is 0.241 e. The highest BCUT2D eigenvalue weighted by Gasteiger charge is 2.22. The number of hydrogen-bond donors (Lipinski definition) is 1. The Morgan fingerprint density at radius 1 is 1.22 bits per heavy atom. The quantitative estimate of drug-likeness (QED) is 0.732. The van der Waals surface area contributed by atoms with Crippen LogP contribution in [0.15, 0.2) is 53.7 Å². The zero-order valence-corrected chi connectivity index (χ0v) is 16.1. The largest absolute Gasteiger partial charge is 0.354 e. The maximum absolute atomic E-state index is 12.4. The number of hydrogen-bond acceptors (Lipinski definition) is 5. The summed E-state index contributed by atoms with van der Waals surface area (Å²) in [6, 6.07) is 10.4. The maximum Gasteiger partial charge on any atom is 0.241 e. The van der Waals surface area contributed by atoms with Gasteiger partial charge in [0.05, 0.1) is 10.6 Å². The molecule has 0 saturated carbocycles. The molecule has 1 unspecified atom stereocenters. The number of benzene rings is 1. The van der Waals surface area contributed by atoms with Crippen molar-refractivity contribution in [2.75, 3.05) is 31.9 Å². The summed E-state index contributed by atoms with van der Waals surface area (Å²) in [5, 5.41) is 6.99. The van der Waals surface area contributed by atoms with Crippen LogP contribution in [0, 0.1) is 5.92 Å². The Hall–Kier alpha value is -2.19. The molecule has 2 heterocycles. The van der Waals surface area contributed by atoms with Crippen LogP contribution in [-0.2, 0) is 21.2 Å². The molecule has 1 saturated heterocycles. The van der Waals surface area contributed by atoms with Gasteiger partial charge < -0.3 is 10.2 Å². The van der Waals surface area contributed by atoms with E-state index in [1.807, 2.05) is 6.07 Å². The van der Waals surface area contributed by atoms with Crippen molar-refractivity contribution in [3.8, 4) is 0 Å². The lowest BCUT2D eigenvalue weighted by molar-refractivity contribution is -0.122. The molecule has 0 spiro atoms. The highest BCUT2D eigenvalue weighted by Crippen LogP contribution is 2.17.